The molecular weight excluding hydrogens is 436 g/mol. The molecule has 1 aliphatic heterocycles. The zero-order chi connectivity index (χ0) is 22.0. The number of sulfonamides is 1. The summed E-state index contributed by atoms with van der Waals surface area (Å²) in [6.07, 6.45) is 0. The number of methoxy groups -OCH3 is 1. The number of carbonyl (C=O) groups excluding carboxylic acids is 1. The Labute approximate surface area is 186 Å². The maximum absolute atomic E-state index is 13.5. The smallest absolute Gasteiger partial charge is 0.245 e. The van der Waals surface area contributed by atoms with Crippen LogP contribution in [0.3, 0.4) is 0 Å². The van der Waals surface area contributed by atoms with Crippen molar-refractivity contribution in [2.75, 3.05) is 18.6 Å². The molecule has 160 valence electrons. The molecule has 1 aliphatic rings. The molecule has 0 aromatic heterocycles. The van der Waals surface area contributed by atoms with E-state index in [1.165, 1.54) is 15.3 Å². The number of carbonyl (C=O) groups is 1. The van der Waals surface area contributed by atoms with Gasteiger partial charge in [-0.2, -0.15) is 4.31 Å². The number of nitrogens with zero attached hydrogens (tertiary/aromatic N) is 2. The highest BCUT2D eigenvalue weighted by molar-refractivity contribution is 7.89. The zero-order valence-electron chi connectivity index (χ0n) is 16.9. The number of rotatable bonds is 5. The van der Waals surface area contributed by atoms with Gasteiger partial charge in [-0.3, -0.25) is 4.79 Å². The standard InChI is InChI=1S/C23H21ClN2O4S/c1-30-20-6-4-5-18(13-20)14-25-16-23(27)26(15-17-9-11-19(24)12-10-17)21-7-2-3-8-22(21)31(25,28)29/h2-13H,14-16H2,1H3. The van der Waals surface area contributed by atoms with Gasteiger partial charge in [0.15, 0.2) is 0 Å². The van der Waals surface area contributed by atoms with Crippen LogP contribution in [0.15, 0.2) is 77.7 Å². The molecule has 0 N–H and O–H groups in total. The van der Waals surface area contributed by atoms with E-state index in [2.05, 4.69) is 0 Å². The Hall–Kier alpha value is -2.87. The lowest BCUT2D eigenvalue weighted by Gasteiger charge is -2.22. The first-order valence-electron chi connectivity index (χ1n) is 9.65. The quantitative estimate of drug-likeness (QED) is 0.580. The monoisotopic (exact) mass is 456 g/mol. The van der Waals surface area contributed by atoms with Crippen molar-refractivity contribution in [1.82, 2.24) is 4.31 Å². The normalized spacial score (nSPS) is 15.9. The predicted octanol–water partition coefficient (Wildman–Crippen LogP) is 4.09. The number of fused-ring (bicyclic) bond motifs is 1. The number of anilines is 1. The predicted molar refractivity (Wildman–Crippen MR) is 120 cm³/mol. The lowest BCUT2D eigenvalue weighted by Crippen LogP contribution is -2.38. The lowest BCUT2D eigenvalue weighted by molar-refractivity contribution is -0.119. The van der Waals surface area contributed by atoms with Gasteiger partial charge < -0.3 is 9.64 Å². The highest BCUT2D eigenvalue weighted by Gasteiger charge is 2.36. The maximum Gasteiger partial charge on any atom is 0.245 e. The molecule has 0 unspecified atom stereocenters. The average Bonchev–Trinajstić information content (AvgIpc) is 2.84. The van der Waals surface area contributed by atoms with Crippen LogP contribution in [-0.2, 0) is 27.9 Å². The molecule has 4 rings (SSSR count). The Morgan fingerprint density at radius 1 is 0.935 bits per heavy atom. The zero-order valence-corrected chi connectivity index (χ0v) is 18.4. The molecule has 8 heteroatoms. The number of hydrogen-bond donors (Lipinski definition) is 0. The molecule has 1 amide bonds. The first-order chi connectivity index (χ1) is 14.9. The fourth-order valence-corrected chi connectivity index (χ4v) is 5.25. The van der Waals surface area contributed by atoms with Gasteiger partial charge in [-0.15, -0.1) is 0 Å². The van der Waals surface area contributed by atoms with Gasteiger partial charge in [-0.1, -0.05) is 48.0 Å². The molecule has 0 spiro atoms. The van der Waals surface area contributed by atoms with Gasteiger partial charge in [-0.05, 0) is 47.5 Å². The Morgan fingerprint density at radius 2 is 1.68 bits per heavy atom. The summed E-state index contributed by atoms with van der Waals surface area (Å²) in [6.45, 7) is 0.0474. The van der Waals surface area contributed by atoms with Gasteiger partial charge in [0.2, 0.25) is 15.9 Å². The number of para-hydroxylation sites is 1. The van der Waals surface area contributed by atoms with Crippen molar-refractivity contribution in [3.05, 3.63) is 88.9 Å². The van der Waals surface area contributed by atoms with E-state index in [1.807, 2.05) is 18.2 Å². The Morgan fingerprint density at radius 3 is 2.42 bits per heavy atom. The molecule has 31 heavy (non-hydrogen) atoms. The van der Waals surface area contributed by atoms with Gasteiger partial charge in [0.1, 0.15) is 10.6 Å². The van der Waals surface area contributed by atoms with Crippen LogP contribution in [0.4, 0.5) is 5.69 Å². The van der Waals surface area contributed by atoms with Gasteiger partial charge in [0, 0.05) is 11.6 Å². The summed E-state index contributed by atoms with van der Waals surface area (Å²) in [5.41, 5.74) is 1.96. The molecule has 6 nitrogen and oxygen atoms in total. The number of benzene rings is 3. The third-order valence-corrected chi connectivity index (χ3v) is 7.22. The summed E-state index contributed by atoms with van der Waals surface area (Å²) in [5, 5.41) is 0.596. The second-order valence-electron chi connectivity index (χ2n) is 7.20. The van der Waals surface area contributed by atoms with Crippen LogP contribution in [0.1, 0.15) is 11.1 Å². The second-order valence-corrected chi connectivity index (χ2v) is 9.54. The minimum Gasteiger partial charge on any atom is -0.497 e. The summed E-state index contributed by atoms with van der Waals surface area (Å²) in [6, 6.07) is 20.9. The molecule has 0 atom stereocenters. The van der Waals surface area contributed by atoms with Gasteiger partial charge in [-0.25, -0.2) is 8.42 Å². The Bertz CT molecular complexity index is 1210. The number of ether oxygens (including phenoxy) is 1. The van der Waals surface area contributed by atoms with Gasteiger partial charge in [0.05, 0.1) is 25.9 Å². The molecule has 0 saturated heterocycles. The van der Waals surface area contributed by atoms with Crippen molar-refractivity contribution in [3.63, 3.8) is 0 Å². The molecule has 0 saturated carbocycles. The third kappa shape index (κ3) is 4.44. The number of amides is 1. The van der Waals surface area contributed by atoms with E-state index < -0.39 is 10.0 Å². The van der Waals surface area contributed by atoms with Crippen LogP contribution in [0, 0.1) is 0 Å². The van der Waals surface area contributed by atoms with Crippen molar-refractivity contribution in [1.29, 1.82) is 0 Å². The summed E-state index contributed by atoms with van der Waals surface area (Å²) >= 11 is 5.97. The maximum atomic E-state index is 13.5. The fraction of sp³-hybridized carbons (Fsp3) is 0.174. The molecule has 0 aliphatic carbocycles. The molecule has 1 heterocycles. The van der Waals surface area contributed by atoms with Crippen molar-refractivity contribution < 1.29 is 17.9 Å². The summed E-state index contributed by atoms with van der Waals surface area (Å²) in [5.74, 6) is 0.326. The van der Waals surface area contributed by atoms with Crippen LogP contribution in [0.5, 0.6) is 5.75 Å². The van der Waals surface area contributed by atoms with Crippen molar-refractivity contribution in [3.8, 4) is 5.75 Å². The highest BCUT2D eigenvalue weighted by Crippen LogP contribution is 2.33. The molecular formula is C23H21ClN2O4S. The van der Waals surface area contributed by atoms with Crippen LogP contribution >= 0.6 is 11.6 Å². The van der Waals surface area contributed by atoms with Crippen LogP contribution in [-0.4, -0.2) is 32.3 Å². The Kier molecular flexibility index (Phi) is 6.00. The summed E-state index contributed by atoms with van der Waals surface area (Å²) < 4.78 is 33.4. The van der Waals surface area contributed by atoms with E-state index in [0.29, 0.717) is 16.5 Å². The van der Waals surface area contributed by atoms with Crippen molar-refractivity contribution in [2.24, 2.45) is 0 Å². The summed E-state index contributed by atoms with van der Waals surface area (Å²) in [7, 11) is -2.34. The topological polar surface area (TPSA) is 66.9 Å². The first kappa shape index (κ1) is 21.4. The summed E-state index contributed by atoms with van der Waals surface area (Å²) in [4.78, 5) is 14.9. The second kappa shape index (κ2) is 8.70. The highest BCUT2D eigenvalue weighted by atomic mass is 35.5. The lowest BCUT2D eigenvalue weighted by atomic mass is 10.2. The SMILES string of the molecule is COc1cccc(CN2CC(=O)N(Cc3ccc(Cl)cc3)c3ccccc3S2(=O)=O)c1. The van der Waals surface area contributed by atoms with E-state index in [0.717, 1.165) is 11.1 Å². The van der Waals surface area contributed by atoms with Crippen LogP contribution < -0.4 is 9.64 Å². The van der Waals surface area contributed by atoms with Crippen molar-refractivity contribution in [2.45, 2.75) is 18.0 Å². The van der Waals surface area contributed by atoms with Gasteiger partial charge >= 0.3 is 0 Å². The molecule has 3 aromatic rings. The molecule has 0 bridgehead atoms. The van der Waals surface area contributed by atoms with E-state index in [4.69, 9.17) is 16.3 Å². The minimum atomic E-state index is -3.89. The average molecular weight is 457 g/mol. The third-order valence-electron chi connectivity index (χ3n) is 5.13. The Balaban J connectivity index is 1.73. The van der Waals surface area contributed by atoms with Crippen LogP contribution in [0.25, 0.3) is 0 Å². The van der Waals surface area contributed by atoms with E-state index in [-0.39, 0.29) is 30.4 Å². The number of hydrogen-bond acceptors (Lipinski definition) is 4. The largest absolute Gasteiger partial charge is 0.497 e. The molecule has 3 aromatic carbocycles. The van der Waals surface area contributed by atoms with Crippen LogP contribution in [0.2, 0.25) is 5.02 Å². The first-order valence-corrected chi connectivity index (χ1v) is 11.5. The van der Waals surface area contributed by atoms with E-state index in [9.17, 15) is 13.2 Å². The molecule has 0 fully saturated rings. The van der Waals surface area contributed by atoms with E-state index in [1.54, 1.807) is 55.6 Å². The number of halogens is 1. The molecule has 0 radical (unpaired) electrons. The van der Waals surface area contributed by atoms with Gasteiger partial charge in [0.25, 0.3) is 0 Å². The minimum absolute atomic E-state index is 0.0639. The van der Waals surface area contributed by atoms with E-state index >= 15 is 0 Å². The fourth-order valence-electron chi connectivity index (χ4n) is 3.55. The van der Waals surface area contributed by atoms with Crippen molar-refractivity contribution >= 4 is 33.2 Å².